The number of Topliss-reactive ketones (excluding diaryl/α,β-unsaturated/α-hetero) is 1. The summed E-state index contributed by atoms with van der Waals surface area (Å²) in [5.74, 6) is -0.373. The Morgan fingerprint density at radius 3 is 1.90 bits per heavy atom. The summed E-state index contributed by atoms with van der Waals surface area (Å²) >= 11 is 0. The van der Waals surface area contributed by atoms with Gasteiger partial charge < -0.3 is 9.84 Å². The third-order valence-corrected chi connectivity index (χ3v) is 5.10. The Kier molecular flexibility index (Phi) is 5.16. The molecule has 29 heavy (non-hydrogen) atoms. The van der Waals surface area contributed by atoms with Crippen LogP contribution in [0.15, 0.2) is 42.5 Å². The molecular formula is C25H28O4. The summed E-state index contributed by atoms with van der Waals surface area (Å²) in [4.78, 5) is 24.2. The number of ether oxygens (including phenoxy) is 1. The molecule has 0 aliphatic heterocycles. The monoisotopic (exact) mass is 392 g/mol. The van der Waals surface area contributed by atoms with Crippen molar-refractivity contribution >= 4 is 17.3 Å². The lowest BCUT2D eigenvalue weighted by Gasteiger charge is -2.28. The number of hydrogen-bond donors (Lipinski definition) is 1. The largest absolute Gasteiger partial charge is 0.507 e. The highest BCUT2D eigenvalue weighted by atomic mass is 16.5. The summed E-state index contributed by atoms with van der Waals surface area (Å²) in [5, 5.41) is 10.9. The molecule has 3 rings (SSSR count). The number of rotatable bonds is 3. The van der Waals surface area contributed by atoms with Gasteiger partial charge in [0.2, 0.25) is 11.6 Å². The molecule has 152 valence electrons. The van der Waals surface area contributed by atoms with Gasteiger partial charge >= 0.3 is 0 Å². The Morgan fingerprint density at radius 1 is 0.862 bits per heavy atom. The molecule has 4 nitrogen and oxygen atoms in total. The molecule has 0 unspecified atom stereocenters. The van der Waals surface area contributed by atoms with Crippen molar-refractivity contribution in [3.8, 4) is 5.75 Å². The molecular weight excluding hydrogens is 364 g/mol. The molecule has 0 fully saturated rings. The molecule has 0 amide bonds. The number of aromatic hydroxyl groups is 1. The van der Waals surface area contributed by atoms with Crippen LogP contribution in [0.5, 0.6) is 5.75 Å². The second-order valence-electron chi connectivity index (χ2n) is 9.58. The molecule has 1 N–H and O–H groups in total. The molecule has 0 spiro atoms. The van der Waals surface area contributed by atoms with Crippen LogP contribution in [0, 0.1) is 0 Å². The predicted octanol–water partition coefficient (Wildman–Crippen LogP) is 5.31. The Morgan fingerprint density at radius 2 is 1.38 bits per heavy atom. The summed E-state index contributed by atoms with van der Waals surface area (Å²) < 4.78 is 6.00. The molecule has 1 aliphatic rings. The molecule has 0 radical (unpaired) electrons. The Balaban J connectivity index is 1.98. The lowest BCUT2D eigenvalue weighted by molar-refractivity contribution is -0.111. The minimum atomic E-state index is -0.574. The van der Waals surface area contributed by atoms with E-state index in [1.54, 1.807) is 18.2 Å². The molecule has 2 aromatic rings. The van der Waals surface area contributed by atoms with E-state index in [1.807, 2.05) is 18.2 Å². The van der Waals surface area contributed by atoms with Gasteiger partial charge in [0.1, 0.15) is 18.1 Å². The smallest absolute Gasteiger partial charge is 0.233 e. The average molecular weight is 392 g/mol. The summed E-state index contributed by atoms with van der Waals surface area (Å²) in [6.45, 7) is 12.6. The molecule has 4 heteroatoms. The molecule has 0 heterocycles. The van der Waals surface area contributed by atoms with Crippen LogP contribution in [0.1, 0.15) is 74.2 Å². The van der Waals surface area contributed by atoms with Gasteiger partial charge in [-0.2, -0.15) is 0 Å². The topological polar surface area (TPSA) is 63.6 Å². The molecule has 0 aromatic heterocycles. The van der Waals surface area contributed by atoms with Gasteiger partial charge in [-0.25, -0.2) is 0 Å². The van der Waals surface area contributed by atoms with Gasteiger partial charge in [0.05, 0.1) is 0 Å². The van der Waals surface area contributed by atoms with E-state index in [1.165, 1.54) is 6.08 Å². The van der Waals surface area contributed by atoms with Crippen molar-refractivity contribution in [1.29, 1.82) is 0 Å². The average Bonchev–Trinajstić information content (AvgIpc) is 2.62. The van der Waals surface area contributed by atoms with Gasteiger partial charge in [-0.1, -0.05) is 65.8 Å². The third kappa shape index (κ3) is 4.12. The zero-order valence-corrected chi connectivity index (χ0v) is 17.9. The van der Waals surface area contributed by atoms with Gasteiger partial charge in [-0.15, -0.1) is 0 Å². The van der Waals surface area contributed by atoms with E-state index in [-0.39, 0.29) is 17.4 Å². The molecule has 0 saturated heterocycles. The first-order valence-corrected chi connectivity index (χ1v) is 9.79. The fourth-order valence-electron chi connectivity index (χ4n) is 3.49. The minimum absolute atomic E-state index is 0.230. The second kappa shape index (κ2) is 7.18. The van der Waals surface area contributed by atoms with Crippen LogP contribution >= 0.6 is 0 Å². The highest BCUT2D eigenvalue weighted by molar-refractivity contribution is 6.50. The minimum Gasteiger partial charge on any atom is -0.507 e. The number of ketones is 2. The van der Waals surface area contributed by atoms with Crippen LogP contribution in [0.3, 0.4) is 0 Å². The van der Waals surface area contributed by atoms with Crippen LogP contribution in [0.4, 0.5) is 0 Å². The number of carbonyl (C=O) groups is 2. The molecule has 0 bridgehead atoms. The van der Waals surface area contributed by atoms with E-state index < -0.39 is 11.6 Å². The van der Waals surface area contributed by atoms with Crippen molar-refractivity contribution in [2.45, 2.75) is 59.0 Å². The number of allylic oxidation sites excluding steroid dienone is 1. The second-order valence-corrected chi connectivity index (χ2v) is 9.58. The van der Waals surface area contributed by atoms with Crippen molar-refractivity contribution < 1.29 is 19.4 Å². The quantitative estimate of drug-likeness (QED) is 0.719. The van der Waals surface area contributed by atoms with Gasteiger partial charge in [0.25, 0.3) is 0 Å². The highest BCUT2D eigenvalue weighted by Gasteiger charge is 2.28. The Hall–Kier alpha value is -2.88. The lowest BCUT2D eigenvalue weighted by Crippen LogP contribution is -2.20. The van der Waals surface area contributed by atoms with E-state index in [2.05, 4.69) is 41.5 Å². The highest BCUT2D eigenvalue weighted by Crippen LogP contribution is 2.40. The molecule has 1 aliphatic carbocycles. The first-order chi connectivity index (χ1) is 13.4. The maximum Gasteiger partial charge on any atom is 0.233 e. The summed E-state index contributed by atoms with van der Waals surface area (Å²) in [7, 11) is 0. The maximum atomic E-state index is 12.1. The molecule has 0 atom stereocenters. The first kappa shape index (κ1) is 20.8. The van der Waals surface area contributed by atoms with Crippen LogP contribution in [0.25, 0.3) is 5.76 Å². The van der Waals surface area contributed by atoms with Crippen molar-refractivity contribution in [3.63, 3.8) is 0 Å². The summed E-state index contributed by atoms with van der Waals surface area (Å²) in [6, 6.07) is 10.9. The molecule has 0 saturated carbocycles. The van der Waals surface area contributed by atoms with Crippen LogP contribution < -0.4 is 0 Å². The molecule has 2 aromatic carbocycles. The number of hydrogen-bond acceptors (Lipinski definition) is 4. The number of fused-ring (bicyclic) bond motifs is 1. The van der Waals surface area contributed by atoms with Crippen molar-refractivity contribution in [2.75, 3.05) is 0 Å². The van der Waals surface area contributed by atoms with E-state index >= 15 is 0 Å². The number of phenolic OH excluding ortho intramolecular Hbond substituents is 1. The normalized spacial score (nSPS) is 14.5. The predicted molar refractivity (Wildman–Crippen MR) is 114 cm³/mol. The van der Waals surface area contributed by atoms with E-state index in [0.29, 0.717) is 22.6 Å². The van der Waals surface area contributed by atoms with Gasteiger partial charge in [0.15, 0.2) is 0 Å². The van der Waals surface area contributed by atoms with Crippen LogP contribution in [-0.2, 0) is 27.0 Å². The fraction of sp³-hybridized carbons (Fsp3) is 0.360. The van der Waals surface area contributed by atoms with Crippen molar-refractivity contribution in [3.05, 3.63) is 70.3 Å². The Bertz CT molecular complexity index is 979. The number of phenols is 1. The van der Waals surface area contributed by atoms with Crippen LogP contribution in [-0.4, -0.2) is 16.7 Å². The Labute approximate surface area is 172 Å². The van der Waals surface area contributed by atoms with Crippen LogP contribution in [0.2, 0.25) is 0 Å². The zero-order valence-electron chi connectivity index (χ0n) is 17.9. The maximum absolute atomic E-state index is 12.1. The van der Waals surface area contributed by atoms with Crippen molar-refractivity contribution in [1.82, 2.24) is 0 Å². The van der Waals surface area contributed by atoms with E-state index in [9.17, 15) is 14.7 Å². The van der Waals surface area contributed by atoms with Gasteiger partial charge in [0, 0.05) is 17.2 Å². The van der Waals surface area contributed by atoms with E-state index in [4.69, 9.17) is 4.74 Å². The zero-order chi connectivity index (χ0) is 21.6. The van der Waals surface area contributed by atoms with Gasteiger partial charge in [-0.3, -0.25) is 9.59 Å². The standard InChI is InChI=1S/C25H28O4/c1-24(2,3)18-11-15(12-19(23(18)28)25(4,5)6)14-29-21-13-20(26)22(27)17-10-8-7-9-16(17)21/h7-13,28H,14H2,1-6H3. The number of benzene rings is 2. The summed E-state index contributed by atoms with van der Waals surface area (Å²) in [6.07, 6.45) is 1.26. The van der Waals surface area contributed by atoms with E-state index in [0.717, 1.165) is 16.7 Å². The third-order valence-electron chi connectivity index (χ3n) is 5.10. The summed E-state index contributed by atoms with van der Waals surface area (Å²) in [5.41, 5.74) is 3.13. The SMILES string of the molecule is CC(C)(C)c1cc(COC2=CC(=O)C(=O)c3ccccc32)cc(C(C)(C)C)c1O. The lowest BCUT2D eigenvalue weighted by atomic mass is 9.78. The van der Waals surface area contributed by atoms with Gasteiger partial charge in [-0.05, 0) is 39.7 Å². The number of carbonyl (C=O) groups excluding carboxylic acids is 2. The fourth-order valence-corrected chi connectivity index (χ4v) is 3.49. The van der Waals surface area contributed by atoms with Crippen molar-refractivity contribution in [2.24, 2.45) is 0 Å². The first-order valence-electron chi connectivity index (χ1n) is 9.79.